The fourth-order valence-corrected chi connectivity index (χ4v) is 8.11. The number of alkyl carbamates (subject to hydrolysis) is 1. The van der Waals surface area contributed by atoms with Crippen molar-refractivity contribution in [3.63, 3.8) is 0 Å². The Morgan fingerprint density at radius 1 is 0.978 bits per heavy atom. The first kappa shape index (κ1) is 33.6. The second-order valence-electron chi connectivity index (χ2n) is 14.3. The second kappa shape index (κ2) is 12.4. The normalized spacial score (nSPS) is 23.7. The summed E-state index contributed by atoms with van der Waals surface area (Å²) in [5.74, 6) is 1.44. The van der Waals surface area contributed by atoms with E-state index in [0.29, 0.717) is 4.90 Å². The van der Waals surface area contributed by atoms with E-state index in [9.17, 15) is 9.59 Å². The zero-order valence-corrected chi connectivity index (χ0v) is 29.3. The van der Waals surface area contributed by atoms with Crippen molar-refractivity contribution in [3.8, 4) is 0 Å². The van der Waals surface area contributed by atoms with Crippen LogP contribution in [-0.4, -0.2) is 48.3 Å². The molecule has 1 spiro atoms. The van der Waals surface area contributed by atoms with E-state index < -0.39 is 17.3 Å². The minimum atomic E-state index is -0.662. The number of nitrogens with zero attached hydrogens (tertiary/aromatic N) is 4. The molecule has 244 valence electrons. The summed E-state index contributed by atoms with van der Waals surface area (Å²) in [6, 6.07) is 1.65. The molecule has 3 aromatic heterocycles. The second-order valence-corrected chi connectivity index (χ2v) is 16.1. The van der Waals surface area contributed by atoms with Gasteiger partial charge in [0.2, 0.25) is 0 Å². The summed E-state index contributed by atoms with van der Waals surface area (Å²) in [6.07, 6.45) is 11.6. The van der Waals surface area contributed by atoms with Crippen LogP contribution in [0.4, 0.5) is 15.4 Å². The Morgan fingerprint density at radius 2 is 1.64 bits per heavy atom. The molecule has 3 aromatic rings. The van der Waals surface area contributed by atoms with Crippen LogP contribution in [0.15, 0.2) is 34.4 Å². The Labute approximate surface area is 278 Å². The number of halogens is 2. The van der Waals surface area contributed by atoms with Gasteiger partial charge in [-0.2, -0.15) is 0 Å². The quantitative estimate of drug-likeness (QED) is 0.257. The van der Waals surface area contributed by atoms with Crippen molar-refractivity contribution in [2.24, 2.45) is 5.41 Å². The van der Waals surface area contributed by atoms with Crippen LogP contribution in [0.5, 0.6) is 0 Å². The fourth-order valence-electron chi connectivity index (χ4n) is 6.71. The van der Waals surface area contributed by atoms with E-state index in [2.05, 4.69) is 27.5 Å². The maximum atomic E-state index is 12.8. The number of imidazole rings is 1. The average molecular weight is 678 g/mol. The van der Waals surface area contributed by atoms with Crippen LogP contribution in [0.1, 0.15) is 105 Å². The van der Waals surface area contributed by atoms with Gasteiger partial charge in [-0.15, -0.1) is 0 Å². The van der Waals surface area contributed by atoms with Crippen molar-refractivity contribution in [1.82, 2.24) is 24.7 Å². The zero-order chi connectivity index (χ0) is 32.8. The number of aromatic nitrogens is 4. The molecule has 2 aliphatic carbocycles. The van der Waals surface area contributed by atoms with Gasteiger partial charge in [0.15, 0.2) is 10.8 Å². The number of pyridine rings is 1. The molecule has 45 heavy (non-hydrogen) atoms. The van der Waals surface area contributed by atoms with Gasteiger partial charge >= 0.3 is 12.2 Å². The van der Waals surface area contributed by atoms with Gasteiger partial charge in [-0.1, -0.05) is 41.4 Å². The maximum Gasteiger partial charge on any atom is 0.413 e. The lowest BCUT2D eigenvalue weighted by Gasteiger charge is -2.48. The van der Waals surface area contributed by atoms with Gasteiger partial charge in [-0.25, -0.2) is 24.5 Å². The topological polar surface area (TPSA) is 120 Å². The SMILES string of the molecule is CC(C)(C)OC(=O)Nc1cc(Sc2cnc(C3CCC4(CCCC4(C)NC(=O)OC(C)(C)C)CC3)n3ccnc23)c(Cl)c(Cl)n1. The molecule has 5 rings (SSSR count). The van der Waals surface area contributed by atoms with E-state index in [1.165, 1.54) is 11.8 Å². The monoisotopic (exact) mass is 676 g/mol. The highest BCUT2D eigenvalue weighted by Gasteiger charge is 2.54. The maximum absolute atomic E-state index is 12.8. The number of hydrogen-bond donors (Lipinski definition) is 2. The molecule has 3 heterocycles. The third-order valence-corrected chi connectivity index (χ3v) is 10.7. The number of carbonyl (C=O) groups is 2. The number of fused-ring (bicyclic) bond motifs is 1. The van der Waals surface area contributed by atoms with Gasteiger partial charge in [0, 0.05) is 34.9 Å². The molecule has 13 heteroatoms. The van der Waals surface area contributed by atoms with Crippen molar-refractivity contribution in [3.05, 3.63) is 40.7 Å². The minimum Gasteiger partial charge on any atom is -0.444 e. The van der Waals surface area contributed by atoms with Crippen LogP contribution in [0.2, 0.25) is 10.2 Å². The average Bonchev–Trinajstić information content (AvgIpc) is 3.51. The molecule has 0 bridgehead atoms. The van der Waals surface area contributed by atoms with E-state index in [1.54, 1.807) is 33.0 Å². The van der Waals surface area contributed by atoms with Crippen LogP contribution in [0.3, 0.4) is 0 Å². The summed E-state index contributed by atoms with van der Waals surface area (Å²) < 4.78 is 13.0. The Hall–Kier alpha value is -2.76. The van der Waals surface area contributed by atoms with Crippen LogP contribution in [0, 0.1) is 5.41 Å². The number of nitrogens with one attached hydrogen (secondary N) is 2. The summed E-state index contributed by atoms with van der Waals surface area (Å²) in [6.45, 7) is 13.2. The molecule has 0 saturated heterocycles. The van der Waals surface area contributed by atoms with Crippen molar-refractivity contribution >= 4 is 58.6 Å². The van der Waals surface area contributed by atoms with E-state index in [1.807, 2.05) is 37.6 Å². The molecular weight excluding hydrogens is 635 g/mol. The van der Waals surface area contributed by atoms with Gasteiger partial charge in [0.05, 0.1) is 9.92 Å². The van der Waals surface area contributed by atoms with E-state index in [-0.39, 0.29) is 39.0 Å². The number of hydrogen-bond acceptors (Lipinski definition) is 8. The Morgan fingerprint density at radius 3 is 2.31 bits per heavy atom. The highest BCUT2D eigenvalue weighted by atomic mass is 35.5. The van der Waals surface area contributed by atoms with E-state index in [4.69, 9.17) is 37.7 Å². The number of ether oxygens (including phenoxy) is 2. The molecule has 2 aliphatic rings. The molecule has 2 amide bonds. The van der Waals surface area contributed by atoms with E-state index in [0.717, 1.165) is 61.3 Å². The number of anilines is 1. The summed E-state index contributed by atoms with van der Waals surface area (Å²) in [7, 11) is 0. The van der Waals surface area contributed by atoms with Crippen LogP contribution in [-0.2, 0) is 9.47 Å². The smallest absolute Gasteiger partial charge is 0.413 e. The molecule has 0 aromatic carbocycles. The van der Waals surface area contributed by atoms with Gasteiger partial charge in [0.25, 0.3) is 0 Å². The van der Waals surface area contributed by atoms with Gasteiger partial charge in [0.1, 0.15) is 22.8 Å². The molecule has 2 saturated carbocycles. The van der Waals surface area contributed by atoms with Crippen molar-refractivity contribution in [1.29, 1.82) is 0 Å². The molecule has 2 N–H and O–H groups in total. The standard InChI is InChI=1S/C32H42Cl2N6O4S/c1-29(2,3)43-27(41)38-22-17-20(23(33)24(34)37-22)45-21-18-36-25(40-16-15-35-26(21)40)19-9-13-32(14-10-19)12-8-11-31(32,7)39-28(42)44-30(4,5)6/h15-19H,8-14H2,1-7H3,(H,39,42)(H,37,38,41). The van der Waals surface area contributed by atoms with Gasteiger partial charge in [-0.05, 0) is 98.5 Å². The molecule has 1 unspecified atom stereocenters. The summed E-state index contributed by atoms with van der Waals surface area (Å²) in [5, 5.41) is 6.22. The van der Waals surface area contributed by atoms with Crippen LogP contribution in [0.25, 0.3) is 5.65 Å². The summed E-state index contributed by atoms with van der Waals surface area (Å²) in [5.41, 5.74) is -0.712. The first-order chi connectivity index (χ1) is 21.0. The minimum absolute atomic E-state index is 0.0344. The molecular formula is C32H42Cl2N6O4S. The third-order valence-electron chi connectivity index (χ3n) is 8.74. The molecule has 0 radical (unpaired) electrons. The lowest BCUT2D eigenvalue weighted by Crippen LogP contribution is -2.56. The van der Waals surface area contributed by atoms with Crippen LogP contribution < -0.4 is 10.6 Å². The Kier molecular flexibility index (Phi) is 9.30. The summed E-state index contributed by atoms with van der Waals surface area (Å²) >= 11 is 14.2. The number of carbonyl (C=O) groups excluding carboxylic acids is 2. The molecule has 2 fully saturated rings. The fraction of sp³-hybridized carbons (Fsp3) is 0.594. The molecule has 10 nitrogen and oxygen atoms in total. The van der Waals surface area contributed by atoms with Crippen molar-refractivity contribution < 1.29 is 19.1 Å². The lowest BCUT2D eigenvalue weighted by atomic mass is 9.62. The zero-order valence-electron chi connectivity index (χ0n) is 26.9. The predicted molar refractivity (Wildman–Crippen MR) is 176 cm³/mol. The molecule has 0 aliphatic heterocycles. The van der Waals surface area contributed by atoms with Gasteiger partial charge in [-0.3, -0.25) is 9.72 Å². The summed E-state index contributed by atoms with van der Waals surface area (Å²) in [4.78, 5) is 40.3. The number of amides is 2. The molecule has 1 atom stereocenters. The highest BCUT2D eigenvalue weighted by Crippen LogP contribution is 2.57. The number of rotatable bonds is 5. The Bertz CT molecular complexity index is 1590. The van der Waals surface area contributed by atoms with Crippen LogP contribution >= 0.6 is 35.0 Å². The first-order valence-electron chi connectivity index (χ1n) is 15.3. The van der Waals surface area contributed by atoms with Crippen molar-refractivity contribution in [2.45, 2.75) is 126 Å². The largest absolute Gasteiger partial charge is 0.444 e. The van der Waals surface area contributed by atoms with E-state index >= 15 is 0 Å². The lowest BCUT2D eigenvalue weighted by molar-refractivity contribution is 0.0248. The van der Waals surface area contributed by atoms with Crippen molar-refractivity contribution in [2.75, 3.05) is 5.32 Å². The Balaban J connectivity index is 1.32. The van der Waals surface area contributed by atoms with Gasteiger partial charge < -0.3 is 14.8 Å². The first-order valence-corrected chi connectivity index (χ1v) is 16.9. The highest BCUT2D eigenvalue weighted by molar-refractivity contribution is 7.99. The predicted octanol–water partition coefficient (Wildman–Crippen LogP) is 9.04. The third kappa shape index (κ3) is 7.46.